The Balaban J connectivity index is 2.66. The molecule has 1 aromatic heterocycles. The van der Waals surface area contributed by atoms with E-state index < -0.39 is 16.0 Å². The first-order valence-electron chi connectivity index (χ1n) is 5.61. The van der Waals surface area contributed by atoms with Gasteiger partial charge in [0.2, 0.25) is 10.0 Å². The molecule has 0 bridgehead atoms. The first kappa shape index (κ1) is 14.9. The molecule has 1 N–H and O–H groups in total. The average Bonchev–Trinajstić information content (AvgIpc) is 2.74. The number of rotatable bonds is 7. The highest BCUT2D eigenvalue weighted by atomic mass is 32.2. The van der Waals surface area contributed by atoms with Gasteiger partial charge in [-0.3, -0.25) is 4.72 Å². The third kappa shape index (κ3) is 4.61. The first-order valence-corrected chi connectivity index (χ1v) is 8.14. The zero-order valence-electron chi connectivity index (χ0n) is 10.3. The average molecular weight is 292 g/mol. The molecular weight excluding hydrogens is 276 g/mol. The van der Waals surface area contributed by atoms with Crippen molar-refractivity contribution in [1.82, 2.24) is 4.98 Å². The summed E-state index contributed by atoms with van der Waals surface area (Å²) in [6.45, 7) is 3.87. The summed E-state index contributed by atoms with van der Waals surface area (Å²) in [6, 6.07) is 0. The van der Waals surface area contributed by atoms with Gasteiger partial charge in [-0.05, 0) is 13.3 Å². The highest BCUT2D eigenvalue weighted by Crippen LogP contribution is 2.17. The molecule has 0 aromatic carbocycles. The second-order valence-corrected chi connectivity index (χ2v) is 6.23. The van der Waals surface area contributed by atoms with Crippen molar-refractivity contribution in [2.24, 2.45) is 0 Å². The van der Waals surface area contributed by atoms with E-state index in [9.17, 15) is 13.2 Å². The van der Waals surface area contributed by atoms with Gasteiger partial charge in [-0.2, -0.15) is 0 Å². The van der Waals surface area contributed by atoms with Gasteiger partial charge in [0.25, 0.3) is 0 Å². The molecule has 0 amide bonds. The van der Waals surface area contributed by atoms with Crippen LogP contribution >= 0.6 is 11.3 Å². The van der Waals surface area contributed by atoms with Crippen molar-refractivity contribution in [3.8, 4) is 0 Å². The quantitative estimate of drug-likeness (QED) is 0.775. The molecule has 0 aliphatic rings. The van der Waals surface area contributed by atoms with Crippen LogP contribution in [0, 0.1) is 0 Å². The lowest BCUT2D eigenvalue weighted by atomic mass is 10.4. The molecule has 0 unspecified atom stereocenters. The lowest BCUT2D eigenvalue weighted by Crippen LogP contribution is -2.16. The van der Waals surface area contributed by atoms with Crippen molar-refractivity contribution >= 4 is 32.5 Å². The Hall–Kier alpha value is -1.15. The number of ether oxygens (including phenoxy) is 1. The number of unbranched alkanes of at least 4 members (excludes halogenated alkanes) is 1. The smallest absolute Gasteiger partial charge is 0.357 e. The van der Waals surface area contributed by atoms with Gasteiger partial charge >= 0.3 is 5.97 Å². The largest absolute Gasteiger partial charge is 0.461 e. The minimum atomic E-state index is -3.38. The number of esters is 1. The number of nitrogens with zero attached hydrogens (tertiary/aromatic N) is 1. The molecule has 1 rings (SSSR count). The number of sulfonamides is 1. The fourth-order valence-corrected chi connectivity index (χ4v) is 3.32. The van der Waals surface area contributed by atoms with Gasteiger partial charge in [-0.15, -0.1) is 11.3 Å². The van der Waals surface area contributed by atoms with Gasteiger partial charge in [-0.25, -0.2) is 18.2 Å². The van der Waals surface area contributed by atoms with E-state index in [1.54, 1.807) is 6.92 Å². The maximum Gasteiger partial charge on any atom is 0.357 e. The number of hydrogen-bond acceptors (Lipinski definition) is 6. The van der Waals surface area contributed by atoms with Crippen molar-refractivity contribution in [2.75, 3.05) is 17.1 Å². The number of hydrogen-bond donors (Lipinski definition) is 1. The van der Waals surface area contributed by atoms with Crippen LogP contribution in [0.4, 0.5) is 5.13 Å². The van der Waals surface area contributed by atoms with Gasteiger partial charge in [0.15, 0.2) is 10.8 Å². The Morgan fingerprint density at radius 1 is 1.50 bits per heavy atom. The van der Waals surface area contributed by atoms with E-state index in [0.29, 0.717) is 6.42 Å². The molecule has 102 valence electrons. The van der Waals surface area contributed by atoms with Crippen LogP contribution in [0.5, 0.6) is 0 Å². The maximum absolute atomic E-state index is 11.6. The lowest BCUT2D eigenvalue weighted by molar-refractivity contribution is 0.0520. The van der Waals surface area contributed by atoms with E-state index >= 15 is 0 Å². The van der Waals surface area contributed by atoms with E-state index in [-0.39, 0.29) is 23.2 Å². The van der Waals surface area contributed by atoms with E-state index in [1.165, 1.54) is 5.38 Å². The van der Waals surface area contributed by atoms with Gasteiger partial charge in [0.05, 0.1) is 12.4 Å². The van der Waals surface area contributed by atoms with Gasteiger partial charge in [-0.1, -0.05) is 13.3 Å². The van der Waals surface area contributed by atoms with Crippen LogP contribution in [0.25, 0.3) is 0 Å². The predicted octanol–water partition coefficient (Wildman–Crippen LogP) is 1.86. The molecule has 8 heteroatoms. The summed E-state index contributed by atoms with van der Waals surface area (Å²) in [4.78, 5) is 15.2. The molecule has 0 spiro atoms. The van der Waals surface area contributed by atoms with Gasteiger partial charge in [0.1, 0.15) is 0 Å². The molecule has 0 fully saturated rings. The third-order valence-corrected chi connectivity index (χ3v) is 4.22. The van der Waals surface area contributed by atoms with Crippen LogP contribution in [0.1, 0.15) is 37.2 Å². The first-order chi connectivity index (χ1) is 8.48. The van der Waals surface area contributed by atoms with Crippen molar-refractivity contribution < 1.29 is 17.9 Å². The molecule has 18 heavy (non-hydrogen) atoms. The summed E-state index contributed by atoms with van der Waals surface area (Å²) in [7, 11) is -3.38. The van der Waals surface area contributed by atoms with Crippen LogP contribution in [-0.2, 0) is 14.8 Å². The predicted molar refractivity (Wildman–Crippen MR) is 70.4 cm³/mol. The number of anilines is 1. The topological polar surface area (TPSA) is 85.4 Å². The fourth-order valence-electron chi connectivity index (χ4n) is 1.14. The number of aromatic nitrogens is 1. The van der Waals surface area contributed by atoms with Crippen LogP contribution in [0.15, 0.2) is 5.38 Å². The summed E-state index contributed by atoms with van der Waals surface area (Å²) in [5.74, 6) is -0.495. The Kier molecular flexibility index (Phi) is 5.54. The standard InChI is InChI=1S/C10H16N2O4S2/c1-3-5-6-18(14,15)12-10-11-8(7-17-10)9(13)16-4-2/h7H,3-6H2,1-2H3,(H,11,12). The van der Waals surface area contributed by atoms with Crippen molar-refractivity contribution in [3.05, 3.63) is 11.1 Å². The monoisotopic (exact) mass is 292 g/mol. The van der Waals surface area contributed by atoms with Crippen molar-refractivity contribution in [2.45, 2.75) is 26.7 Å². The maximum atomic E-state index is 11.6. The second-order valence-electron chi connectivity index (χ2n) is 3.53. The molecule has 0 radical (unpaired) electrons. The molecule has 6 nitrogen and oxygen atoms in total. The summed E-state index contributed by atoms with van der Waals surface area (Å²) in [5, 5.41) is 1.66. The van der Waals surface area contributed by atoms with Crippen molar-refractivity contribution in [1.29, 1.82) is 0 Å². The number of nitrogens with one attached hydrogen (secondary N) is 1. The zero-order chi connectivity index (χ0) is 13.6. The Labute approximate surface area is 110 Å². The molecule has 1 heterocycles. The minimum Gasteiger partial charge on any atom is -0.461 e. The molecule has 0 saturated heterocycles. The summed E-state index contributed by atoms with van der Waals surface area (Å²) in [5.41, 5.74) is 0.120. The number of carbonyl (C=O) groups is 1. The summed E-state index contributed by atoms with van der Waals surface area (Å²) in [6.07, 6.45) is 1.39. The number of thiazole rings is 1. The highest BCUT2D eigenvalue weighted by Gasteiger charge is 2.15. The van der Waals surface area contributed by atoms with E-state index in [0.717, 1.165) is 17.8 Å². The van der Waals surface area contributed by atoms with Crippen LogP contribution < -0.4 is 4.72 Å². The van der Waals surface area contributed by atoms with Crippen LogP contribution in [0.3, 0.4) is 0 Å². The summed E-state index contributed by atoms with van der Waals surface area (Å²) < 4.78 is 30.3. The second kappa shape index (κ2) is 6.69. The van der Waals surface area contributed by atoms with E-state index in [1.807, 2.05) is 6.92 Å². The molecular formula is C10H16N2O4S2. The van der Waals surface area contributed by atoms with Gasteiger partial charge in [0, 0.05) is 5.38 Å². The van der Waals surface area contributed by atoms with Crippen LogP contribution in [-0.4, -0.2) is 31.7 Å². The normalized spacial score (nSPS) is 11.2. The highest BCUT2D eigenvalue weighted by molar-refractivity contribution is 7.92. The SMILES string of the molecule is CCCCS(=O)(=O)Nc1nc(C(=O)OCC)cs1. The molecule has 0 saturated carbocycles. The summed E-state index contributed by atoms with van der Waals surface area (Å²) >= 11 is 1.06. The Morgan fingerprint density at radius 2 is 2.22 bits per heavy atom. The Morgan fingerprint density at radius 3 is 2.83 bits per heavy atom. The lowest BCUT2D eigenvalue weighted by Gasteiger charge is -2.03. The van der Waals surface area contributed by atoms with Crippen molar-refractivity contribution in [3.63, 3.8) is 0 Å². The molecule has 0 aliphatic carbocycles. The van der Waals surface area contributed by atoms with E-state index in [4.69, 9.17) is 4.74 Å². The Bertz CT molecular complexity index is 496. The molecule has 0 atom stereocenters. The third-order valence-electron chi connectivity index (χ3n) is 2.00. The molecule has 1 aromatic rings. The number of carbonyl (C=O) groups excluding carboxylic acids is 1. The fraction of sp³-hybridized carbons (Fsp3) is 0.600. The molecule has 0 aliphatic heterocycles. The van der Waals surface area contributed by atoms with Crippen LogP contribution in [0.2, 0.25) is 0 Å². The minimum absolute atomic E-state index is 0.0534. The van der Waals surface area contributed by atoms with E-state index in [2.05, 4.69) is 9.71 Å². The zero-order valence-corrected chi connectivity index (χ0v) is 11.9. The van der Waals surface area contributed by atoms with Gasteiger partial charge < -0.3 is 4.74 Å².